The number of aromatic nitrogens is 2. The van der Waals surface area contributed by atoms with Crippen LogP contribution in [0.2, 0.25) is 0 Å². The van der Waals surface area contributed by atoms with Gasteiger partial charge in [-0.15, -0.1) is 34.9 Å². The summed E-state index contributed by atoms with van der Waals surface area (Å²) in [5.74, 6) is 0. The van der Waals surface area contributed by atoms with Crippen LogP contribution in [0.1, 0.15) is 75.8 Å². The molecule has 5 nitrogen and oxygen atoms in total. The van der Waals surface area contributed by atoms with Crippen LogP contribution < -0.4 is 0 Å². The zero-order valence-electron chi connectivity index (χ0n) is 28.6. The van der Waals surface area contributed by atoms with Crippen LogP contribution in [0, 0.1) is 58.1 Å². The van der Waals surface area contributed by atoms with E-state index in [1.165, 1.54) is 16.7 Å². The second-order valence-corrected chi connectivity index (χ2v) is 14.1. The zero-order chi connectivity index (χ0) is 33.0. The Hall–Kier alpha value is -3.20. The van der Waals surface area contributed by atoms with Gasteiger partial charge >= 0.3 is 0 Å². The van der Waals surface area contributed by atoms with Crippen molar-refractivity contribution < 1.29 is 30.3 Å². The van der Waals surface area contributed by atoms with Crippen molar-refractivity contribution in [2.24, 2.45) is 10.8 Å². The van der Waals surface area contributed by atoms with Crippen LogP contribution in [0.5, 0.6) is 0 Å². The molecule has 241 valence electrons. The molecule has 4 aromatic rings. The van der Waals surface area contributed by atoms with Gasteiger partial charge in [-0.1, -0.05) is 103 Å². The summed E-state index contributed by atoms with van der Waals surface area (Å²) < 4.78 is 0. The van der Waals surface area contributed by atoms with Gasteiger partial charge in [-0.2, -0.15) is 0 Å². The number of aliphatic hydroxyl groups excluding tert-OH is 2. The molecule has 0 bridgehead atoms. The van der Waals surface area contributed by atoms with E-state index in [9.17, 15) is 10.2 Å². The van der Waals surface area contributed by atoms with E-state index in [2.05, 4.69) is 62.0 Å². The van der Waals surface area contributed by atoms with Crippen LogP contribution in [-0.2, 0) is 20.1 Å². The molecule has 0 spiro atoms. The Morgan fingerprint density at radius 1 is 0.800 bits per heavy atom. The fraction of sp³-hybridized carbons (Fsp3) is 0.410. The van der Waals surface area contributed by atoms with Gasteiger partial charge in [-0.05, 0) is 48.3 Å². The fourth-order valence-electron chi connectivity index (χ4n) is 4.99. The van der Waals surface area contributed by atoms with Crippen LogP contribution in [0.3, 0.4) is 0 Å². The molecule has 6 heteroatoms. The van der Waals surface area contributed by atoms with Gasteiger partial charge in [0.2, 0.25) is 0 Å². The molecule has 45 heavy (non-hydrogen) atoms. The van der Waals surface area contributed by atoms with Crippen molar-refractivity contribution in [1.29, 1.82) is 0 Å². The Bertz CT molecular complexity index is 1600. The maximum Gasteiger partial charge on any atom is 0.190 e. The molecule has 1 heterocycles. The molecule has 1 radical (unpaired) electrons. The summed E-state index contributed by atoms with van der Waals surface area (Å²) in [7, 11) is 0. The second kappa shape index (κ2) is 15.4. The average molecular weight is 783 g/mol. The number of nitrogens with zero attached hydrogens (tertiary/aromatic N) is 3. The van der Waals surface area contributed by atoms with Gasteiger partial charge in [0.1, 0.15) is 0 Å². The topological polar surface area (TPSA) is 70.6 Å². The monoisotopic (exact) mass is 783 g/mol. The smallest absolute Gasteiger partial charge is 0.190 e. The average Bonchev–Trinajstić information content (AvgIpc) is 2.91. The van der Waals surface area contributed by atoms with Crippen LogP contribution in [0.15, 0.2) is 54.7 Å². The first-order valence-corrected chi connectivity index (χ1v) is 15.2. The number of hydrogen-bond acceptors (Lipinski definition) is 4. The van der Waals surface area contributed by atoms with E-state index in [-0.39, 0.29) is 30.9 Å². The van der Waals surface area contributed by atoms with Gasteiger partial charge in [0.05, 0.1) is 30.2 Å². The van der Waals surface area contributed by atoms with Crippen molar-refractivity contribution in [3.05, 3.63) is 100 Å². The quantitative estimate of drug-likeness (QED) is 0.198. The first kappa shape index (κ1) is 38.0. The number of rotatable bonds is 5. The van der Waals surface area contributed by atoms with E-state index in [4.69, 9.17) is 16.5 Å². The molecule has 4 rings (SSSR count). The number of aryl methyl sites for hydroxylation is 4. The maximum absolute atomic E-state index is 9.76. The Kier molecular flexibility index (Phi) is 13.0. The predicted molar refractivity (Wildman–Crippen MR) is 183 cm³/mol. The number of aliphatic hydroxyl groups is 2. The second-order valence-electron chi connectivity index (χ2n) is 14.1. The maximum atomic E-state index is 9.76. The third kappa shape index (κ3) is 10.1. The molecule has 1 aromatic heterocycles. The van der Waals surface area contributed by atoms with E-state index in [0.29, 0.717) is 12.1 Å². The van der Waals surface area contributed by atoms with Crippen molar-refractivity contribution >= 4 is 5.69 Å². The third-order valence-corrected chi connectivity index (χ3v) is 7.82. The summed E-state index contributed by atoms with van der Waals surface area (Å²) >= 11 is 0. The van der Waals surface area contributed by atoms with E-state index < -0.39 is 12.2 Å². The minimum absolute atomic E-state index is 0. The SMILES string of the molecule is CC(C)(C)C(O)CC(O)C(C)(C)C.[C-]#[N+]c1cccc(-c2cnc(-c3[c-]c(C)cc(C)c3)c(-c3cc(C)cc(C)c3)n2)c1C.[Ir]. The van der Waals surface area contributed by atoms with Gasteiger partial charge in [-0.25, -0.2) is 4.85 Å². The first-order chi connectivity index (χ1) is 20.4. The summed E-state index contributed by atoms with van der Waals surface area (Å²) in [4.78, 5) is 13.6. The van der Waals surface area contributed by atoms with E-state index in [0.717, 1.165) is 44.9 Å². The Labute approximate surface area is 284 Å². The molecule has 0 fully saturated rings. The molecule has 2 N–H and O–H groups in total. The number of benzene rings is 3. The van der Waals surface area contributed by atoms with Gasteiger partial charge in [0, 0.05) is 38.4 Å². The summed E-state index contributed by atoms with van der Waals surface area (Å²) in [6.07, 6.45) is 1.37. The van der Waals surface area contributed by atoms with Gasteiger partial charge < -0.3 is 15.2 Å². The van der Waals surface area contributed by atoms with Crippen molar-refractivity contribution in [3.63, 3.8) is 0 Å². The molecule has 0 saturated heterocycles. The molecule has 3 aromatic carbocycles. The standard InChI is InChI=1S/C28H24N3.C11H24O2.Ir/c1-17-10-18(2)13-22(12-17)27-28(23-14-19(3)11-20(4)15-23)31-26(16-30-27)24-8-7-9-25(29-6)21(24)5;1-10(2,3)8(12)7-9(13)11(4,5)6;/h7-12,14-16H,1-5H3;8-9,12-13H,7H2,1-6H3;/q-1;;. The summed E-state index contributed by atoms with van der Waals surface area (Å²) in [5, 5.41) is 19.5. The van der Waals surface area contributed by atoms with Crippen LogP contribution >= 0.6 is 0 Å². The summed E-state index contributed by atoms with van der Waals surface area (Å²) in [6.45, 7) is 29.6. The van der Waals surface area contributed by atoms with Crippen molar-refractivity contribution in [2.75, 3.05) is 0 Å². The number of hydrogen-bond donors (Lipinski definition) is 2. The van der Waals surface area contributed by atoms with Crippen molar-refractivity contribution in [2.45, 2.75) is 94.8 Å². The molecule has 2 atom stereocenters. The molecule has 0 aliphatic rings. The summed E-state index contributed by atoms with van der Waals surface area (Å²) in [5.41, 5.74) is 11.2. The molecule has 0 aliphatic carbocycles. The van der Waals surface area contributed by atoms with E-state index >= 15 is 0 Å². The Balaban J connectivity index is 0.000000430. The van der Waals surface area contributed by atoms with Crippen LogP contribution in [-0.4, -0.2) is 32.4 Å². The van der Waals surface area contributed by atoms with Gasteiger partial charge in [-0.3, -0.25) is 4.98 Å². The minimum Gasteiger partial charge on any atom is -0.392 e. The van der Waals surface area contributed by atoms with Crippen LogP contribution in [0.25, 0.3) is 38.6 Å². The largest absolute Gasteiger partial charge is 0.392 e. The first-order valence-electron chi connectivity index (χ1n) is 15.2. The Morgan fingerprint density at radius 3 is 1.87 bits per heavy atom. The zero-order valence-corrected chi connectivity index (χ0v) is 31.0. The van der Waals surface area contributed by atoms with Crippen molar-refractivity contribution in [1.82, 2.24) is 9.97 Å². The van der Waals surface area contributed by atoms with Crippen molar-refractivity contribution in [3.8, 4) is 33.8 Å². The normalized spacial score (nSPS) is 12.7. The predicted octanol–water partition coefficient (Wildman–Crippen LogP) is 9.56. The van der Waals surface area contributed by atoms with E-state index in [1.807, 2.05) is 79.8 Å². The molecule has 0 saturated carbocycles. The van der Waals surface area contributed by atoms with Crippen LogP contribution in [0.4, 0.5) is 5.69 Å². The van der Waals surface area contributed by atoms with E-state index in [1.54, 1.807) is 0 Å². The fourth-order valence-corrected chi connectivity index (χ4v) is 4.99. The molecular formula is C39H48IrN3O2-. The van der Waals surface area contributed by atoms with Gasteiger partial charge in [0.15, 0.2) is 5.69 Å². The minimum atomic E-state index is -0.443. The molecule has 0 aliphatic heterocycles. The Morgan fingerprint density at radius 2 is 1.36 bits per heavy atom. The summed E-state index contributed by atoms with van der Waals surface area (Å²) in [6, 6.07) is 19.9. The molecular weight excluding hydrogens is 735 g/mol. The molecule has 0 amide bonds. The third-order valence-electron chi connectivity index (χ3n) is 7.82. The van der Waals surface area contributed by atoms with Gasteiger partial charge in [0.25, 0.3) is 0 Å². The molecule has 2 unspecified atom stereocenters.